The Hall–Kier alpha value is -2.18. The first kappa shape index (κ1) is 19.1. The molecule has 2 amide bonds. The highest BCUT2D eigenvalue weighted by Crippen LogP contribution is 2.27. The van der Waals surface area contributed by atoms with Crippen molar-refractivity contribution < 1.29 is 9.59 Å². The van der Waals surface area contributed by atoms with Crippen molar-refractivity contribution in [2.24, 2.45) is 0 Å². The first-order valence-electron chi connectivity index (χ1n) is 8.43. The maximum Gasteiger partial charge on any atom is 0.252 e. The Kier molecular flexibility index (Phi) is 7.16. The van der Waals surface area contributed by atoms with Crippen LogP contribution in [0.3, 0.4) is 0 Å². The number of hydrogen-bond acceptors (Lipinski definition) is 4. The van der Waals surface area contributed by atoms with Gasteiger partial charge in [0.05, 0.1) is 12.6 Å². The second kappa shape index (κ2) is 9.34. The standard InChI is InChI=1S/C19H25N3O2S/c1-4-13(2)15-7-9-16(10-8-15)19(17-6-5-11-25-17)20-12-18(24)22-21-14(3)23/h5-11,13,19-20H,4,12H2,1-3H3,(H,21,23)(H,22,24)/t13-,19+/m0/s1. The van der Waals surface area contributed by atoms with Crippen molar-refractivity contribution in [2.45, 2.75) is 39.2 Å². The average Bonchev–Trinajstić information content (AvgIpc) is 3.14. The molecule has 25 heavy (non-hydrogen) atoms. The van der Waals surface area contributed by atoms with Gasteiger partial charge in [-0.05, 0) is 34.9 Å². The lowest BCUT2D eigenvalue weighted by atomic mass is 9.95. The molecule has 5 nitrogen and oxygen atoms in total. The highest BCUT2D eigenvalue weighted by Gasteiger charge is 2.16. The van der Waals surface area contributed by atoms with Crippen molar-refractivity contribution in [3.05, 3.63) is 57.8 Å². The third-order valence-electron chi connectivity index (χ3n) is 4.12. The quantitative estimate of drug-likeness (QED) is 0.665. The Morgan fingerprint density at radius 2 is 1.76 bits per heavy atom. The van der Waals surface area contributed by atoms with Gasteiger partial charge in [0.15, 0.2) is 0 Å². The van der Waals surface area contributed by atoms with Crippen LogP contribution in [-0.2, 0) is 9.59 Å². The fourth-order valence-corrected chi connectivity index (χ4v) is 3.31. The number of hydrazine groups is 1. The molecule has 2 aromatic rings. The molecule has 6 heteroatoms. The molecular weight excluding hydrogens is 334 g/mol. The monoisotopic (exact) mass is 359 g/mol. The van der Waals surface area contributed by atoms with Gasteiger partial charge in [-0.3, -0.25) is 25.8 Å². The Labute approximate surface area is 152 Å². The van der Waals surface area contributed by atoms with Gasteiger partial charge in [0.2, 0.25) is 5.91 Å². The van der Waals surface area contributed by atoms with Gasteiger partial charge in [-0.1, -0.05) is 44.2 Å². The van der Waals surface area contributed by atoms with E-state index in [2.05, 4.69) is 60.3 Å². The third-order valence-corrected chi connectivity index (χ3v) is 5.06. The number of benzene rings is 1. The SMILES string of the molecule is CC[C@H](C)c1ccc([C@@H](NCC(=O)NNC(C)=O)c2cccs2)cc1. The van der Waals surface area contributed by atoms with Crippen LogP contribution < -0.4 is 16.2 Å². The van der Waals surface area contributed by atoms with E-state index in [4.69, 9.17) is 0 Å². The second-order valence-electron chi connectivity index (χ2n) is 6.03. The van der Waals surface area contributed by atoms with Crippen LogP contribution in [-0.4, -0.2) is 18.4 Å². The van der Waals surface area contributed by atoms with Crippen LogP contribution in [0.15, 0.2) is 41.8 Å². The molecule has 0 unspecified atom stereocenters. The maximum absolute atomic E-state index is 11.9. The number of thiophene rings is 1. The minimum absolute atomic E-state index is 0.0611. The first-order valence-corrected chi connectivity index (χ1v) is 9.31. The number of hydrogen-bond donors (Lipinski definition) is 3. The van der Waals surface area contributed by atoms with Gasteiger partial charge in [0.25, 0.3) is 5.91 Å². The molecule has 0 bridgehead atoms. The van der Waals surface area contributed by atoms with Gasteiger partial charge in [0, 0.05) is 11.8 Å². The number of carbonyl (C=O) groups is 2. The van der Waals surface area contributed by atoms with Gasteiger partial charge in [-0.25, -0.2) is 0 Å². The van der Waals surface area contributed by atoms with Gasteiger partial charge in [-0.2, -0.15) is 0 Å². The largest absolute Gasteiger partial charge is 0.297 e. The summed E-state index contributed by atoms with van der Waals surface area (Å²) >= 11 is 1.65. The average molecular weight is 359 g/mol. The van der Waals surface area contributed by atoms with E-state index in [1.165, 1.54) is 12.5 Å². The summed E-state index contributed by atoms with van der Waals surface area (Å²) < 4.78 is 0. The van der Waals surface area contributed by atoms with Crippen molar-refractivity contribution >= 4 is 23.2 Å². The Balaban J connectivity index is 2.09. The van der Waals surface area contributed by atoms with Crippen LogP contribution in [0.4, 0.5) is 0 Å². The summed E-state index contributed by atoms with van der Waals surface area (Å²) in [5, 5.41) is 5.29. The highest BCUT2D eigenvalue weighted by atomic mass is 32.1. The molecule has 0 aliphatic heterocycles. The number of rotatable bonds is 7. The van der Waals surface area contributed by atoms with E-state index < -0.39 is 0 Å². The van der Waals surface area contributed by atoms with Gasteiger partial charge in [0.1, 0.15) is 0 Å². The molecule has 0 aliphatic rings. The molecule has 0 saturated carbocycles. The summed E-state index contributed by atoms with van der Waals surface area (Å²) in [7, 11) is 0. The zero-order valence-electron chi connectivity index (χ0n) is 14.8. The zero-order chi connectivity index (χ0) is 18.2. The van der Waals surface area contributed by atoms with Crippen LogP contribution >= 0.6 is 11.3 Å². The van der Waals surface area contributed by atoms with E-state index >= 15 is 0 Å². The van der Waals surface area contributed by atoms with Crippen molar-refractivity contribution in [1.29, 1.82) is 0 Å². The molecule has 0 spiro atoms. The molecule has 2 atom stereocenters. The molecule has 2 rings (SSSR count). The molecule has 0 radical (unpaired) electrons. The molecule has 3 N–H and O–H groups in total. The van der Waals surface area contributed by atoms with Crippen molar-refractivity contribution in [1.82, 2.24) is 16.2 Å². The smallest absolute Gasteiger partial charge is 0.252 e. The number of carbonyl (C=O) groups excluding carboxylic acids is 2. The van der Waals surface area contributed by atoms with Crippen LogP contribution in [0.2, 0.25) is 0 Å². The fourth-order valence-electron chi connectivity index (χ4n) is 2.49. The molecule has 1 aromatic carbocycles. The summed E-state index contributed by atoms with van der Waals surface area (Å²) in [6.07, 6.45) is 1.11. The van der Waals surface area contributed by atoms with Gasteiger partial charge >= 0.3 is 0 Å². The van der Waals surface area contributed by atoms with E-state index in [1.807, 2.05) is 11.4 Å². The Morgan fingerprint density at radius 1 is 1.08 bits per heavy atom. The summed E-state index contributed by atoms with van der Waals surface area (Å²) in [6, 6.07) is 12.5. The van der Waals surface area contributed by atoms with Crippen molar-refractivity contribution in [3.63, 3.8) is 0 Å². The van der Waals surface area contributed by atoms with E-state index in [9.17, 15) is 9.59 Å². The summed E-state index contributed by atoms with van der Waals surface area (Å²) in [6.45, 7) is 5.86. The number of amides is 2. The molecular formula is C19H25N3O2S. The molecule has 1 aromatic heterocycles. The fraction of sp³-hybridized carbons (Fsp3) is 0.368. The highest BCUT2D eigenvalue weighted by molar-refractivity contribution is 7.10. The van der Waals surface area contributed by atoms with Crippen LogP contribution in [0.5, 0.6) is 0 Å². The number of nitrogens with one attached hydrogen (secondary N) is 3. The predicted molar refractivity (Wildman–Crippen MR) is 101 cm³/mol. The van der Waals surface area contributed by atoms with E-state index in [0.29, 0.717) is 5.92 Å². The Bertz CT molecular complexity index is 683. The summed E-state index contributed by atoms with van der Waals surface area (Å²) in [4.78, 5) is 23.9. The van der Waals surface area contributed by atoms with Crippen molar-refractivity contribution in [2.75, 3.05) is 6.54 Å². The molecule has 0 saturated heterocycles. The van der Waals surface area contributed by atoms with Crippen molar-refractivity contribution in [3.8, 4) is 0 Å². The topological polar surface area (TPSA) is 70.2 Å². The van der Waals surface area contributed by atoms with Crippen LogP contribution in [0, 0.1) is 0 Å². The maximum atomic E-state index is 11.9. The second-order valence-corrected chi connectivity index (χ2v) is 7.01. The Morgan fingerprint density at radius 3 is 2.32 bits per heavy atom. The van der Waals surface area contributed by atoms with Crippen LogP contribution in [0.25, 0.3) is 0 Å². The van der Waals surface area contributed by atoms with E-state index in [-0.39, 0.29) is 24.4 Å². The zero-order valence-corrected chi connectivity index (χ0v) is 15.7. The minimum Gasteiger partial charge on any atom is -0.297 e. The van der Waals surface area contributed by atoms with Gasteiger partial charge < -0.3 is 0 Å². The minimum atomic E-state index is -0.302. The van der Waals surface area contributed by atoms with Crippen LogP contribution in [0.1, 0.15) is 55.2 Å². The summed E-state index contributed by atoms with van der Waals surface area (Å²) in [5.74, 6) is -0.0533. The molecule has 0 fully saturated rings. The lowest BCUT2D eigenvalue weighted by molar-refractivity contribution is -0.127. The van der Waals surface area contributed by atoms with E-state index in [0.717, 1.165) is 16.9 Å². The lowest BCUT2D eigenvalue weighted by Crippen LogP contribution is -2.45. The summed E-state index contributed by atoms with van der Waals surface area (Å²) in [5.41, 5.74) is 7.09. The molecule has 134 valence electrons. The predicted octanol–water partition coefficient (Wildman–Crippen LogP) is 3.11. The third kappa shape index (κ3) is 5.69. The molecule has 0 aliphatic carbocycles. The normalized spacial score (nSPS) is 13.1. The molecule has 1 heterocycles. The first-order chi connectivity index (χ1) is 12.0. The van der Waals surface area contributed by atoms with Gasteiger partial charge in [-0.15, -0.1) is 11.3 Å². The van der Waals surface area contributed by atoms with E-state index in [1.54, 1.807) is 11.3 Å². The lowest BCUT2D eigenvalue weighted by Gasteiger charge is -2.19.